The Hall–Kier alpha value is -2.06. The van der Waals surface area contributed by atoms with E-state index in [1.54, 1.807) is 0 Å². The first-order valence-electron chi connectivity index (χ1n) is 6.98. The van der Waals surface area contributed by atoms with Crippen LogP contribution in [-0.4, -0.2) is 32.8 Å². The first-order chi connectivity index (χ1) is 11.1. The second kappa shape index (κ2) is 7.01. The van der Waals surface area contributed by atoms with E-state index in [0.29, 0.717) is 28.8 Å². The van der Waals surface area contributed by atoms with Crippen LogP contribution in [0.1, 0.15) is 11.5 Å². The van der Waals surface area contributed by atoms with Crippen molar-refractivity contribution in [3.8, 4) is 11.3 Å². The Labute approximate surface area is 140 Å². The zero-order valence-electron chi connectivity index (χ0n) is 12.8. The van der Waals surface area contributed by atoms with Crippen molar-refractivity contribution in [2.75, 3.05) is 19.0 Å². The van der Waals surface area contributed by atoms with Crippen molar-refractivity contribution in [1.82, 2.24) is 14.5 Å². The van der Waals surface area contributed by atoms with E-state index in [0.717, 1.165) is 10.7 Å². The molecule has 0 aliphatic heterocycles. The number of nitrogens with zero attached hydrogens (tertiary/aromatic N) is 4. The highest BCUT2D eigenvalue weighted by Gasteiger charge is 2.13. The lowest BCUT2D eigenvalue weighted by molar-refractivity contribution is 0.426. The summed E-state index contributed by atoms with van der Waals surface area (Å²) in [5.74, 6) is 1.92. The third-order valence-electron chi connectivity index (χ3n) is 3.06. The van der Waals surface area contributed by atoms with Gasteiger partial charge >= 0.3 is 0 Å². The molecule has 0 saturated heterocycles. The molecule has 6 nitrogen and oxygen atoms in total. The Bertz CT molecular complexity index is 799. The van der Waals surface area contributed by atoms with Crippen LogP contribution in [0.25, 0.3) is 11.3 Å². The molecule has 3 aromatic rings. The minimum absolute atomic E-state index is 0.317. The van der Waals surface area contributed by atoms with E-state index in [4.69, 9.17) is 4.52 Å². The largest absolute Gasteiger partial charge is 0.356 e. The van der Waals surface area contributed by atoms with Crippen LogP contribution in [-0.2, 0) is 22.3 Å². The minimum atomic E-state index is -1.12. The topological polar surface area (TPSA) is 72.1 Å². The molecule has 0 aliphatic carbocycles. The molecule has 0 amide bonds. The standard InChI is InChI=1S/C15H16N4O2S2/c1-19(2)15-16-14(18-22-15)10-23(20)9-12-8-13(21-17-12)11-6-4-3-5-7-11/h3-8H,9-10H2,1-2H3/t23-/m1/s1. The Morgan fingerprint density at radius 3 is 2.70 bits per heavy atom. The SMILES string of the molecule is CN(C)c1nc(C[S@](=O)Cc2cc(-c3ccccc3)on2)ns1. The third kappa shape index (κ3) is 4.02. The first kappa shape index (κ1) is 15.8. The van der Waals surface area contributed by atoms with E-state index >= 15 is 0 Å². The smallest absolute Gasteiger partial charge is 0.204 e. The van der Waals surface area contributed by atoms with Crippen molar-refractivity contribution < 1.29 is 8.73 Å². The van der Waals surface area contributed by atoms with Gasteiger partial charge in [-0.3, -0.25) is 4.21 Å². The third-order valence-corrected chi connectivity index (χ3v) is 5.18. The van der Waals surface area contributed by atoms with Gasteiger partial charge in [-0.1, -0.05) is 35.5 Å². The average Bonchev–Trinajstić information content (AvgIpc) is 3.18. The van der Waals surface area contributed by atoms with Gasteiger partial charge in [0.1, 0.15) is 0 Å². The summed E-state index contributed by atoms with van der Waals surface area (Å²) < 4.78 is 21.8. The Kier molecular flexibility index (Phi) is 4.82. The summed E-state index contributed by atoms with van der Waals surface area (Å²) in [4.78, 5) is 6.22. The van der Waals surface area contributed by atoms with Gasteiger partial charge in [0.25, 0.3) is 0 Å². The van der Waals surface area contributed by atoms with Crippen molar-refractivity contribution in [2.45, 2.75) is 11.5 Å². The summed E-state index contributed by atoms with van der Waals surface area (Å²) in [5, 5.41) is 4.80. The van der Waals surface area contributed by atoms with E-state index in [1.165, 1.54) is 11.5 Å². The molecule has 120 valence electrons. The monoisotopic (exact) mass is 348 g/mol. The summed E-state index contributed by atoms with van der Waals surface area (Å²) in [7, 11) is 2.68. The molecule has 23 heavy (non-hydrogen) atoms. The molecule has 3 rings (SSSR count). The molecule has 0 N–H and O–H groups in total. The highest BCUT2D eigenvalue weighted by Crippen LogP contribution is 2.21. The van der Waals surface area contributed by atoms with Crippen molar-refractivity contribution in [3.05, 3.63) is 47.9 Å². The van der Waals surface area contributed by atoms with Gasteiger partial charge in [0.15, 0.2) is 11.6 Å². The molecule has 2 heterocycles. The quantitative estimate of drug-likeness (QED) is 0.682. The van der Waals surface area contributed by atoms with E-state index in [1.807, 2.05) is 55.4 Å². The van der Waals surface area contributed by atoms with Gasteiger partial charge in [-0.15, -0.1) is 0 Å². The fraction of sp³-hybridized carbons (Fsp3) is 0.267. The van der Waals surface area contributed by atoms with Crippen molar-refractivity contribution in [3.63, 3.8) is 0 Å². The molecular weight excluding hydrogens is 332 g/mol. The number of benzene rings is 1. The lowest BCUT2D eigenvalue weighted by Crippen LogP contribution is -2.08. The molecule has 8 heteroatoms. The van der Waals surface area contributed by atoms with Crippen LogP contribution in [0.3, 0.4) is 0 Å². The number of anilines is 1. The van der Waals surface area contributed by atoms with Crippen LogP contribution >= 0.6 is 11.5 Å². The number of hydrogen-bond acceptors (Lipinski definition) is 7. The van der Waals surface area contributed by atoms with Crippen molar-refractivity contribution >= 4 is 27.5 Å². The maximum Gasteiger partial charge on any atom is 0.204 e. The fourth-order valence-corrected chi connectivity index (χ4v) is 3.63. The van der Waals surface area contributed by atoms with E-state index in [-0.39, 0.29) is 0 Å². The molecule has 0 spiro atoms. The van der Waals surface area contributed by atoms with Gasteiger partial charge in [-0.05, 0) is 0 Å². The van der Waals surface area contributed by atoms with Crippen LogP contribution < -0.4 is 4.90 Å². The molecule has 0 unspecified atom stereocenters. The van der Waals surface area contributed by atoms with Gasteiger partial charge in [0, 0.05) is 48.1 Å². The molecule has 1 aromatic carbocycles. The van der Waals surface area contributed by atoms with Crippen molar-refractivity contribution in [2.24, 2.45) is 0 Å². The molecule has 0 radical (unpaired) electrons. The summed E-state index contributed by atoms with van der Waals surface area (Å²) >= 11 is 1.30. The van der Waals surface area contributed by atoms with E-state index < -0.39 is 10.8 Å². The van der Waals surface area contributed by atoms with Gasteiger partial charge in [-0.25, -0.2) is 4.98 Å². The minimum Gasteiger partial charge on any atom is -0.356 e. The molecule has 0 fully saturated rings. The summed E-state index contributed by atoms with van der Waals surface area (Å²) in [6.07, 6.45) is 0. The van der Waals surface area contributed by atoms with E-state index in [9.17, 15) is 4.21 Å². The first-order valence-corrected chi connectivity index (χ1v) is 9.24. The Morgan fingerprint density at radius 1 is 1.22 bits per heavy atom. The molecular formula is C15H16N4O2S2. The molecule has 0 bridgehead atoms. The number of rotatable bonds is 6. The Morgan fingerprint density at radius 2 is 2.00 bits per heavy atom. The predicted molar refractivity (Wildman–Crippen MR) is 91.7 cm³/mol. The lowest BCUT2D eigenvalue weighted by Gasteiger charge is -2.04. The Balaban J connectivity index is 1.63. The average molecular weight is 348 g/mol. The lowest BCUT2D eigenvalue weighted by atomic mass is 10.2. The van der Waals surface area contributed by atoms with Gasteiger partial charge in [-0.2, -0.15) is 4.37 Å². The zero-order valence-corrected chi connectivity index (χ0v) is 14.4. The van der Waals surface area contributed by atoms with Crippen LogP contribution in [0.15, 0.2) is 40.9 Å². The maximum atomic E-state index is 12.2. The highest BCUT2D eigenvalue weighted by molar-refractivity contribution is 7.83. The summed E-state index contributed by atoms with van der Waals surface area (Å²) in [5.41, 5.74) is 1.62. The fourth-order valence-electron chi connectivity index (χ4n) is 1.96. The van der Waals surface area contributed by atoms with Crippen LogP contribution in [0.4, 0.5) is 5.13 Å². The number of aromatic nitrogens is 3. The van der Waals surface area contributed by atoms with Crippen LogP contribution in [0.2, 0.25) is 0 Å². The van der Waals surface area contributed by atoms with Crippen molar-refractivity contribution in [1.29, 1.82) is 0 Å². The van der Waals surface area contributed by atoms with Gasteiger partial charge in [0.2, 0.25) is 5.13 Å². The maximum absolute atomic E-state index is 12.2. The normalized spacial score (nSPS) is 12.3. The predicted octanol–water partition coefficient (Wildman–Crippen LogP) is 2.71. The molecule has 0 aliphatic rings. The van der Waals surface area contributed by atoms with Crippen LogP contribution in [0, 0.1) is 0 Å². The number of hydrogen-bond donors (Lipinski definition) is 0. The summed E-state index contributed by atoms with van der Waals surface area (Å²) in [6.45, 7) is 0. The second-order valence-electron chi connectivity index (χ2n) is 5.16. The molecule has 0 saturated carbocycles. The van der Waals surface area contributed by atoms with Gasteiger partial charge in [0.05, 0.1) is 17.2 Å². The molecule has 2 aromatic heterocycles. The summed E-state index contributed by atoms with van der Waals surface area (Å²) in [6, 6.07) is 11.5. The molecule has 1 atom stereocenters. The second-order valence-corrected chi connectivity index (χ2v) is 7.35. The highest BCUT2D eigenvalue weighted by atomic mass is 32.2. The zero-order chi connectivity index (χ0) is 16.2. The van der Waals surface area contributed by atoms with Crippen LogP contribution in [0.5, 0.6) is 0 Å². The van der Waals surface area contributed by atoms with E-state index in [2.05, 4.69) is 14.5 Å². The van der Waals surface area contributed by atoms with Gasteiger partial charge < -0.3 is 9.42 Å².